The summed E-state index contributed by atoms with van der Waals surface area (Å²) in [5.41, 5.74) is 0.399. The number of halogens is 3. The number of rotatable bonds is 5. The largest absolute Gasteiger partial charge is 0.351 e. The van der Waals surface area contributed by atoms with E-state index in [0.29, 0.717) is 5.69 Å². The monoisotopic (exact) mass is 394 g/mol. The minimum Gasteiger partial charge on any atom is -0.351 e. The number of para-hydroxylation sites is 1. The number of anilines is 3. The maximum atomic E-state index is 13.7. The van der Waals surface area contributed by atoms with E-state index in [9.17, 15) is 17.2 Å². The Hall–Kier alpha value is -2.64. The number of benzene rings is 3. The van der Waals surface area contributed by atoms with Gasteiger partial charge < -0.3 is 5.32 Å². The Kier molecular flexibility index (Phi) is 5.11. The first kappa shape index (κ1) is 18.2. The van der Waals surface area contributed by atoms with Crippen LogP contribution in [0.15, 0.2) is 71.6 Å². The molecule has 0 aliphatic rings. The van der Waals surface area contributed by atoms with Gasteiger partial charge in [-0.15, -0.1) is 0 Å². The fourth-order valence-electron chi connectivity index (χ4n) is 2.26. The van der Waals surface area contributed by atoms with Crippen molar-refractivity contribution in [1.82, 2.24) is 0 Å². The summed E-state index contributed by atoms with van der Waals surface area (Å²) in [6, 6.07) is 15.5. The van der Waals surface area contributed by atoms with E-state index in [-0.39, 0.29) is 21.3 Å². The van der Waals surface area contributed by atoms with E-state index in [1.54, 1.807) is 12.1 Å². The van der Waals surface area contributed by atoms with Gasteiger partial charge in [-0.3, -0.25) is 4.72 Å². The number of nitrogens with one attached hydrogen (secondary N) is 2. The van der Waals surface area contributed by atoms with Crippen LogP contribution in [0.25, 0.3) is 0 Å². The van der Waals surface area contributed by atoms with Crippen LogP contribution >= 0.6 is 11.6 Å². The molecule has 0 aromatic heterocycles. The average molecular weight is 395 g/mol. The molecule has 0 saturated carbocycles. The van der Waals surface area contributed by atoms with E-state index < -0.39 is 21.7 Å². The molecular formula is C18H13ClF2N2O2S. The van der Waals surface area contributed by atoms with Gasteiger partial charge >= 0.3 is 0 Å². The predicted octanol–water partition coefficient (Wildman–Crippen LogP) is 5.16. The molecule has 3 rings (SSSR count). The minimum absolute atomic E-state index is 0.0442. The van der Waals surface area contributed by atoms with Crippen LogP contribution in [0.1, 0.15) is 0 Å². The van der Waals surface area contributed by atoms with Crippen molar-refractivity contribution in [2.75, 3.05) is 10.0 Å². The molecule has 8 heteroatoms. The first-order valence-electron chi connectivity index (χ1n) is 7.45. The molecule has 0 heterocycles. The highest BCUT2D eigenvalue weighted by Crippen LogP contribution is 2.26. The Bertz CT molecular complexity index is 1020. The second-order valence-corrected chi connectivity index (χ2v) is 7.39. The van der Waals surface area contributed by atoms with Gasteiger partial charge in [-0.2, -0.15) is 0 Å². The molecule has 0 aliphatic heterocycles. The molecule has 0 atom stereocenters. The SMILES string of the molecule is O=S(=O)(Nc1ccc(Nc2c(F)cccc2F)cc1)c1ccccc1Cl. The van der Waals surface area contributed by atoms with Crippen LogP contribution in [0.3, 0.4) is 0 Å². The molecule has 0 amide bonds. The quantitative estimate of drug-likeness (QED) is 0.628. The summed E-state index contributed by atoms with van der Waals surface area (Å²) in [6.07, 6.45) is 0. The molecule has 134 valence electrons. The van der Waals surface area contributed by atoms with Crippen LogP contribution in [0, 0.1) is 11.6 Å². The van der Waals surface area contributed by atoms with Gasteiger partial charge in [-0.1, -0.05) is 29.8 Å². The highest BCUT2D eigenvalue weighted by molar-refractivity contribution is 7.92. The standard InChI is InChI=1S/C18H13ClF2N2O2S/c19-14-4-1-2-7-17(14)26(24,25)23-13-10-8-12(9-11-13)22-18-15(20)5-3-6-16(18)21/h1-11,22-23H. The highest BCUT2D eigenvalue weighted by Gasteiger charge is 2.17. The van der Waals surface area contributed by atoms with Crippen molar-refractivity contribution in [1.29, 1.82) is 0 Å². The molecule has 0 fully saturated rings. The van der Waals surface area contributed by atoms with Gasteiger partial charge in [0.2, 0.25) is 0 Å². The zero-order valence-electron chi connectivity index (χ0n) is 13.2. The Balaban J connectivity index is 1.79. The third-order valence-electron chi connectivity index (χ3n) is 3.50. The van der Waals surface area contributed by atoms with Gasteiger partial charge in [-0.05, 0) is 48.5 Å². The van der Waals surface area contributed by atoms with Gasteiger partial charge in [0, 0.05) is 11.4 Å². The Morgan fingerprint density at radius 1 is 0.769 bits per heavy atom. The average Bonchev–Trinajstić information content (AvgIpc) is 2.60. The van der Waals surface area contributed by atoms with Crippen molar-refractivity contribution in [3.05, 3.63) is 83.4 Å². The molecule has 0 unspecified atom stereocenters. The lowest BCUT2D eigenvalue weighted by Gasteiger charge is -2.11. The third kappa shape index (κ3) is 3.95. The lowest BCUT2D eigenvalue weighted by Crippen LogP contribution is -2.13. The van der Waals surface area contributed by atoms with E-state index in [2.05, 4.69) is 10.0 Å². The molecule has 3 aromatic rings. The molecule has 0 radical (unpaired) electrons. The van der Waals surface area contributed by atoms with Crippen LogP contribution in [0.2, 0.25) is 5.02 Å². The minimum atomic E-state index is -3.85. The summed E-state index contributed by atoms with van der Waals surface area (Å²) >= 11 is 5.92. The van der Waals surface area contributed by atoms with Crippen LogP contribution in [-0.4, -0.2) is 8.42 Å². The van der Waals surface area contributed by atoms with Gasteiger partial charge in [0.15, 0.2) is 0 Å². The number of hydrogen-bond donors (Lipinski definition) is 2. The molecule has 4 nitrogen and oxygen atoms in total. The second-order valence-electron chi connectivity index (χ2n) is 5.33. The van der Waals surface area contributed by atoms with Crippen molar-refractivity contribution >= 4 is 38.7 Å². The maximum absolute atomic E-state index is 13.7. The van der Waals surface area contributed by atoms with Gasteiger partial charge in [0.1, 0.15) is 22.2 Å². The zero-order chi connectivity index (χ0) is 18.7. The van der Waals surface area contributed by atoms with Crippen molar-refractivity contribution < 1.29 is 17.2 Å². The molecule has 26 heavy (non-hydrogen) atoms. The first-order valence-corrected chi connectivity index (χ1v) is 9.31. The molecule has 0 bridgehead atoms. The maximum Gasteiger partial charge on any atom is 0.263 e. The Morgan fingerprint density at radius 3 is 1.96 bits per heavy atom. The highest BCUT2D eigenvalue weighted by atomic mass is 35.5. The summed E-state index contributed by atoms with van der Waals surface area (Å²) < 4.78 is 54.5. The molecule has 2 N–H and O–H groups in total. The van der Waals surface area contributed by atoms with E-state index in [1.165, 1.54) is 42.5 Å². The number of sulfonamides is 1. The van der Waals surface area contributed by atoms with Crippen LogP contribution in [0.5, 0.6) is 0 Å². The summed E-state index contributed by atoms with van der Waals surface area (Å²) in [7, 11) is -3.85. The van der Waals surface area contributed by atoms with Crippen molar-refractivity contribution in [3.63, 3.8) is 0 Å². The summed E-state index contributed by atoms with van der Waals surface area (Å²) in [4.78, 5) is -0.0442. The summed E-state index contributed by atoms with van der Waals surface area (Å²) in [6.45, 7) is 0. The summed E-state index contributed by atoms with van der Waals surface area (Å²) in [5, 5.41) is 2.73. The molecule has 0 spiro atoms. The van der Waals surface area contributed by atoms with Gasteiger partial charge in [0.25, 0.3) is 10.0 Å². The summed E-state index contributed by atoms with van der Waals surface area (Å²) in [5.74, 6) is -1.46. The van der Waals surface area contributed by atoms with Crippen LogP contribution in [0.4, 0.5) is 25.8 Å². The van der Waals surface area contributed by atoms with Gasteiger partial charge in [-0.25, -0.2) is 17.2 Å². The van der Waals surface area contributed by atoms with E-state index in [0.717, 1.165) is 12.1 Å². The van der Waals surface area contributed by atoms with E-state index in [1.807, 2.05) is 0 Å². The van der Waals surface area contributed by atoms with Crippen LogP contribution < -0.4 is 10.0 Å². The molecule has 0 aliphatic carbocycles. The third-order valence-corrected chi connectivity index (χ3v) is 5.38. The van der Waals surface area contributed by atoms with Crippen LogP contribution in [-0.2, 0) is 10.0 Å². The smallest absolute Gasteiger partial charge is 0.263 e. The van der Waals surface area contributed by atoms with E-state index in [4.69, 9.17) is 11.6 Å². The van der Waals surface area contributed by atoms with Crippen molar-refractivity contribution in [2.24, 2.45) is 0 Å². The second kappa shape index (κ2) is 7.31. The molecular weight excluding hydrogens is 382 g/mol. The van der Waals surface area contributed by atoms with Crippen molar-refractivity contribution in [2.45, 2.75) is 4.90 Å². The number of hydrogen-bond acceptors (Lipinski definition) is 3. The zero-order valence-corrected chi connectivity index (χ0v) is 14.8. The van der Waals surface area contributed by atoms with Crippen molar-refractivity contribution in [3.8, 4) is 0 Å². The first-order chi connectivity index (χ1) is 12.4. The molecule has 0 saturated heterocycles. The predicted molar refractivity (Wildman–Crippen MR) is 98.3 cm³/mol. The Labute approximate surface area is 154 Å². The normalized spacial score (nSPS) is 11.2. The van der Waals surface area contributed by atoms with E-state index >= 15 is 0 Å². The Morgan fingerprint density at radius 2 is 1.35 bits per heavy atom. The fourth-order valence-corrected chi connectivity index (χ4v) is 3.84. The fraction of sp³-hybridized carbons (Fsp3) is 0. The lowest BCUT2D eigenvalue weighted by atomic mass is 10.2. The topological polar surface area (TPSA) is 58.2 Å². The lowest BCUT2D eigenvalue weighted by molar-refractivity contribution is 0.590. The van der Waals surface area contributed by atoms with Gasteiger partial charge in [0.05, 0.1) is 5.02 Å². The molecule has 3 aromatic carbocycles.